The predicted octanol–water partition coefficient (Wildman–Crippen LogP) is 4.29. The van der Waals surface area contributed by atoms with Gasteiger partial charge in [0.1, 0.15) is 5.75 Å². The van der Waals surface area contributed by atoms with Gasteiger partial charge in [-0.15, -0.1) is 0 Å². The quantitative estimate of drug-likeness (QED) is 0.865. The number of urea groups is 1. The van der Waals surface area contributed by atoms with Crippen LogP contribution in [0.4, 0.5) is 10.5 Å². The smallest absolute Gasteiger partial charge is 0.319 e. The third-order valence-electron chi connectivity index (χ3n) is 4.31. The molecule has 0 heterocycles. The third kappa shape index (κ3) is 3.47. The molecule has 0 aromatic heterocycles. The van der Waals surface area contributed by atoms with Crippen LogP contribution >= 0.6 is 0 Å². The lowest BCUT2D eigenvalue weighted by atomic mass is 9.72. The number of carbonyl (C=O) groups is 1. The average Bonchev–Trinajstić information content (AvgIpc) is 2.54. The minimum Gasteiger partial charge on any atom is -0.494 e. The summed E-state index contributed by atoms with van der Waals surface area (Å²) in [4.78, 5) is 12.4. The van der Waals surface area contributed by atoms with Crippen molar-refractivity contribution in [1.82, 2.24) is 5.32 Å². The van der Waals surface area contributed by atoms with E-state index >= 15 is 0 Å². The monoisotopic (exact) mass is 310 g/mol. The molecule has 1 aliphatic rings. The highest BCUT2D eigenvalue weighted by Gasteiger charge is 2.39. The van der Waals surface area contributed by atoms with Crippen LogP contribution in [0.3, 0.4) is 0 Å². The Morgan fingerprint density at radius 3 is 2.35 bits per heavy atom. The van der Waals surface area contributed by atoms with Gasteiger partial charge in [0.05, 0.1) is 12.1 Å². The molecular weight excluding hydrogens is 288 g/mol. The fourth-order valence-corrected chi connectivity index (χ4v) is 2.95. The lowest BCUT2D eigenvalue weighted by Gasteiger charge is -2.43. The predicted molar refractivity (Wildman–Crippen MR) is 91.7 cm³/mol. The van der Waals surface area contributed by atoms with Crippen LogP contribution in [0.15, 0.2) is 54.6 Å². The first kappa shape index (κ1) is 15.4. The second-order valence-corrected chi connectivity index (χ2v) is 5.84. The molecule has 1 aliphatic carbocycles. The van der Waals surface area contributed by atoms with Gasteiger partial charge in [-0.3, -0.25) is 0 Å². The number of ether oxygens (including phenoxy) is 1. The van der Waals surface area contributed by atoms with Crippen molar-refractivity contribution in [1.29, 1.82) is 0 Å². The van der Waals surface area contributed by atoms with Crippen LogP contribution in [0.1, 0.15) is 31.7 Å². The molecular formula is C19H22N2O2. The van der Waals surface area contributed by atoms with Gasteiger partial charge < -0.3 is 15.4 Å². The number of benzene rings is 2. The Morgan fingerprint density at radius 2 is 1.78 bits per heavy atom. The molecule has 4 nitrogen and oxygen atoms in total. The largest absolute Gasteiger partial charge is 0.494 e. The summed E-state index contributed by atoms with van der Waals surface area (Å²) in [6.45, 7) is 2.58. The van der Waals surface area contributed by atoms with Gasteiger partial charge in [-0.1, -0.05) is 30.3 Å². The van der Waals surface area contributed by atoms with Gasteiger partial charge >= 0.3 is 6.03 Å². The van der Waals surface area contributed by atoms with Crippen LogP contribution in [-0.4, -0.2) is 12.6 Å². The fraction of sp³-hybridized carbons (Fsp3) is 0.316. The number of nitrogens with one attached hydrogen (secondary N) is 2. The van der Waals surface area contributed by atoms with Crippen LogP contribution in [0, 0.1) is 0 Å². The number of amides is 2. The van der Waals surface area contributed by atoms with Crippen molar-refractivity contribution in [3.63, 3.8) is 0 Å². The first-order valence-corrected chi connectivity index (χ1v) is 8.09. The van der Waals surface area contributed by atoms with Crippen LogP contribution < -0.4 is 15.4 Å². The molecule has 2 N–H and O–H groups in total. The molecule has 120 valence electrons. The number of rotatable bonds is 5. The molecule has 0 aliphatic heterocycles. The highest BCUT2D eigenvalue weighted by molar-refractivity contribution is 5.90. The van der Waals surface area contributed by atoms with Crippen molar-refractivity contribution in [2.75, 3.05) is 11.9 Å². The zero-order valence-electron chi connectivity index (χ0n) is 13.3. The lowest BCUT2D eigenvalue weighted by molar-refractivity contribution is 0.185. The molecule has 0 bridgehead atoms. The normalized spacial score (nSPS) is 15.3. The molecule has 0 saturated heterocycles. The Labute approximate surface area is 136 Å². The van der Waals surface area contributed by atoms with E-state index < -0.39 is 0 Å². The second kappa shape index (κ2) is 6.73. The SMILES string of the molecule is CCOc1ccc(NC(=O)NC2(c3ccccc3)CCC2)cc1. The van der Waals surface area contributed by atoms with E-state index in [1.54, 1.807) is 0 Å². The second-order valence-electron chi connectivity index (χ2n) is 5.84. The highest BCUT2D eigenvalue weighted by atomic mass is 16.5. The summed E-state index contributed by atoms with van der Waals surface area (Å²) in [7, 11) is 0. The average molecular weight is 310 g/mol. The van der Waals surface area contributed by atoms with Gasteiger partial charge in [-0.05, 0) is 56.0 Å². The molecule has 0 radical (unpaired) electrons. The molecule has 1 fully saturated rings. The Balaban J connectivity index is 1.64. The summed E-state index contributed by atoms with van der Waals surface area (Å²) < 4.78 is 5.40. The number of anilines is 1. The van der Waals surface area contributed by atoms with Gasteiger partial charge in [0.25, 0.3) is 0 Å². The maximum absolute atomic E-state index is 12.4. The summed E-state index contributed by atoms with van der Waals surface area (Å²) >= 11 is 0. The van der Waals surface area contributed by atoms with Gasteiger partial charge in [0, 0.05) is 5.69 Å². The molecule has 0 spiro atoms. The lowest BCUT2D eigenvalue weighted by Crippen LogP contribution is -2.52. The van der Waals surface area contributed by atoms with E-state index in [-0.39, 0.29) is 11.6 Å². The highest BCUT2D eigenvalue weighted by Crippen LogP contribution is 2.41. The van der Waals surface area contributed by atoms with E-state index in [1.807, 2.05) is 49.4 Å². The zero-order chi connectivity index (χ0) is 16.1. The molecule has 23 heavy (non-hydrogen) atoms. The third-order valence-corrected chi connectivity index (χ3v) is 4.31. The number of hydrogen-bond acceptors (Lipinski definition) is 2. The first-order valence-electron chi connectivity index (χ1n) is 8.09. The van der Waals surface area contributed by atoms with Crippen LogP contribution in [-0.2, 0) is 5.54 Å². The maximum atomic E-state index is 12.4. The molecule has 2 amide bonds. The van der Waals surface area contributed by atoms with Crippen LogP contribution in [0.2, 0.25) is 0 Å². The van der Waals surface area contributed by atoms with E-state index in [2.05, 4.69) is 22.8 Å². The van der Waals surface area contributed by atoms with E-state index in [0.717, 1.165) is 30.7 Å². The maximum Gasteiger partial charge on any atom is 0.319 e. The topological polar surface area (TPSA) is 50.4 Å². The molecule has 2 aromatic carbocycles. The first-order chi connectivity index (χ1) is 11.2. The Morgan fingerprint density at radius 1 is 1.09 bits per heavy atom. The minimum absolute atomic E-state index is 0.169. The van der Waals surface area contributed by atoms with E-state index in [1.165, 1.54) is 5.56 Å². The van der Waals surface area contributed by atoms with Crippen LogP contribution in [0.25, 0.3) is 0 Å². The standard InChI is InChI=1S/C19H22N2O2/c1-2-23-17-11-9-16(10-12-17)20-18(22)21-19(13-6-14-19)15-7-4-3-5-8-15/h3-5,7-12H,2,6,13-14H2,1H3,(H2,20,21,22). The summed E-state index contributed by atoms with van der Waals surface area (Å²) in [5.41, 5.74) is 1.71. The molecule has 1 saturated carbocycles. The molecule has 2 aromatic rings. The van der Waals surface area contributed by atoms with E-state index in [9.17, 15) is 4.79 Å². The Bertz CT molecular complexity index is 649. The van der Waals surface area contributed by atoms with E-state index in [4.69, 9.17) is 4.74 Å². The van der Waals surface area contributed by atoms with Crippen molar-refractivity contribution in [2.24, 2.45) is 0 Å². The van der Waals surface area contributed by atoms with Crippen molar-refractivity contribution >= 4 is 11.7 Å². The summed E-state index contributed by atoms with van der Waals surface area (Å²) in [6, 6.07) is 17.4. The zero-order valence-corrected chi connectivity index (χ0v) is 13.3. The van der Waals surface area contributed by atoms with Crippen LogP contribution in [0.5, 0.6) is 5.75 Å². The van der Waals surface area contributed by atoms with Gasteiger partial charge in [-0.2, -0.15) is 0 Å². The van der Waals surface area contributed by atoms with Gasteiger partial charge in [-0.25, -0.2) is 4.79 Å². The van der Waals surface area contributed by atoms with Crippen molar-refractivity contribution in [2.45, 2.75) is 31.7 Å². The summed E-state index contributed by atoms with van der Waals surface area (Å²) in [5, 5.41) is 6.05. The molecule has 4 heteroatoms. The minimum atomic E-state index is -0.226. The molecule has 0 unspecified atom stereocenters. The number of carbonyl (C=O) groups excluding carboxylic acids is 1. The Kier molecular flexibility index (Phi) is 4.51. The van der Waals surface area contributed by atoms with E-state index in [0.29, 0.717) is 6.61 Å². The van der Waals surface area contributed by atoms with Crippen molar-refractivity contribution in [3.8, 4) is 5.75 Å². The Hall–Kier alpha value is -2.49. The fourth-order valence-electron chi connectivity index (χ4n) is 2.95. The van der Waals surface area contributed by atoms with Crippen molar-refractivity contribution < 1.29 is 9.53 Å². The van der Waals surface area contributed by atoms with Gasteiger partial charge in [0.15, 0.2) is 0 Å². The number of hydrogen-bond donors (Lipinski definition) is 2. The molecule has 0 atom stereocenters. The summed E-state index contributed by atoms with van der Waals surface area (Å²) in [6.07, 6.45) is 3.10. The molecule has 3 rings (SSSR count). The van der Waals surface area contributed by atoms with Gasteiger partial charge in [0.2, 0.25) is 0 Å². The van der Waals surface area contributed by atoms with Crippen molar-refractivity contribution in [3.05, 3.63) is 60.2 Å². The summed E-state index contributed by atoms with van der Waals surface area (Å²) in [5.74, 6) is 0.804.